The number of nitrogens with two attached hydrogens (primary N) is 1. The van der Waals surface area contributed by atoms with Gasteiger partial charge in [0.15, 0.2) is 0 Å². The molecule has 0 saturated heterocycles. The fraction of sp³-hybridized carbons (Fsp3) is 0.143. The van der Waals surface area contributed by atoms with Crippen molar-refractivity contribution in [1.82, 2.24) is 0 Å². The maximum Gasteiger partial charge on any atom is 0.573 e. The van der Waals surface area contributed by atoms with E-state index < -0.39 is 6.36 Å². The molecule has 0 spiro atoms. The van der Waals surface area contributed by atoms with Crippen LogP contribution in [0.25, 0.3) is 0 Å². The molecule has 0 fully saturated rings. The Morgan fingerprint density at radius 2 is 1.62 bits per heavy atom. The fourth-order valence-electron chi connectivity index (χ4n) is 1.67. The number of hydrogen-bond acceptors (Lipinski definition) is 4. The minimum absolute atomic E-state index is 0.285. The summed E-state index contributed by atoms with van der Waals surface area (Å²) < 4.78 is 45.0. The van der Waals surface area contributed by atoms with Crippen LogP contribution >= 0.6 is 0 Å². The highest BCUT2D eigenvalue weighted by Crippen LogP contribution is 2.29. The molecule has 4 nitrogen and oxygen atoms in total. The standard InChI is InChI=1S/C14H13F3N2O2/c1-20-11-6-7-12(18)13(8-11)19-9-2-4-10(5-3-9)21-14(15,16)17/h2-8,19H,18H2,1H3. The van der Waals surface area contributed by atoms with Gasteiger partial charge >= 0.3 is 6.36 Å². The van der Waals surface area contributed by atoms with E-state index in [2.05, 4.69) is 10.1 Å². The summed E-state index contributed by atoms with van der Waals surface area (Å²) in [6, 6.07) is 10.4. The van der Waals surface area contributed by atoms with Crippen molar-refractivity contribution in [2.24, 2.45) is 0 Å². The van der Waals surface area contributed by atoms with Gasteiger partial charge in [-0.3, -0.25) is 0 Å². The smallest absolute Gasteiger partial charge is 0.497 e. The average Bonchev–Trinajstić information content (AvgIpc) is 2.42. The lowest BCUT2D eigenvalue weighted by atomic mass is 10.2. The monoisotopic (exact) mass is 298 g/mol. The third kappa shape index (κ3) is 4.20. The van der Waals surface area contributed by atoms with Gasteiger partial charge in [-0.1, -0.05) is 0 Å². The maximum atomic E-state index is 12.1. The number of rotatable bonds is 4. The molecule has 0 aliphatic heterocycles. The molecule has 2 rings (SSSR count). The van der Waals surface area contributed by atoms with Gasteiger partial charge < -0.3 is 20.5 Å². The van der Waals surface area contributed by atoms with Crippen LogP contribution in [0.3, 0.4) is 0 Å². The first-order chi connectivity index (χ1) is 9.87. The first-order valence-corrected chi connectivity index (χ1v) is 5.94. The average molecular weight is 298 g/mol. The number of hydrogen-bond donors (Lipinski definition) is 2. The van der Waals surface area contributed by atoms with Crippen molar-refractivity contribution in [2.75, 3.05) is 18.2 Å². The topological polar surface area (TPSA) is 56.5 Å². The van der Waals surface area contributed by atoms with Gasteiger partial charge in [0.05, 0.1) is 18.5 Å². The van der Waals surface area contributed by atoms with Crippen molar-refractivity contribution in [3.05, 3.63) is 42.5 Å². The predicted molar refractivity (Wildman–Crippen MR) is 73.8 cm³/mol. The van der Waals surface area contributed by atoms with Crippen LogP contribution in [0.4, 0.5) is 30.2 Å². The lowest BCUT2D eigenvalue weighted by molar-refractivity contribution is -0.274. The quantitative estimate of drug-likeness (QED) is 0.840. The minimum Gasteiger partial charge on any atom is -0.497 e. The van der Waals surface area contributed by atoms with Crippen LogP contribution in [-0.2, 0) is 0 Å². The van der Waals surface area contributed by atoms with Crippen LogP contribution in [0.2, 0.25) is 0 Å². The van der Waals surface area contributed by atoms with Crippen LogP contribution in [0.5, 0.6) is 11.5 Å². The molecule has 7 heteroatoms. The summed E-state index contributed by atoms with van der Waals surface area (Å²) in [5.74, 6) is 0.329. The Balaban J connectivity index is 2.13. The Bertz CT molecular complexity index is 613. The first-order valence-electron chi connectivity index (χ1n) is 5.94. The van der Waals surface area contributed by atoms with Crippen molar-refractivity contribution >= 4 is 17.1 Å². The van der Waals surface area contributed by atoms with Crippen molar-refractivity contribution in [1.29, 1.82) is 0 Å². The molecular formula is C14H13F3N2O2. The SMILES string of the molecule is COc1ccc(N)c(Nc2ccc(OC(F)(F)F)cc2)c1. The molecule has 0 saturated carbocycles. The van der Waals surface area contributed by atoms with Crippen molar-refractivity contribution < 1.29 is 22.6 Å². The van der Waals surface area contributed by atoms with Gasteiger partial charge in [-0.25, -0.2) is 0 Å². The number of halogens is 3. The van der Waals surface area contributed by atoms with E-state index in [-0.39, 0.29) is 5.75 Å². The fourth-order valence-corrected chi connectivity index (χ4v) is 1.67. The zero-order chi connectivity index (χ0) is 15.5. The van der Waals surface area contributed by atoms with E-state index in [0.717, 1.165) is 0 Å². The highest BCUT2D eigenvalue weighted by atomic mass is 19.4. The van der Waals surface area contributed by atoms with E-state index in [9.17, 15) is 13.2 Å². The first kappa shape index (κ1) is 14.8. The highest BCUT2D eigenvalue weighted by molar-refractivity contribution is 5.74. The highest BCUT2D eigenvalue weighted by Gasteiger charge is 2.30. The summed E-state index contributed by atoms with van der Waals surface area (Å²) in [6.07, 6.45) is -4.70. The van der Waals surface area contributed by atoms with Crippen molar-refractivity contribution in [3.8, 4) is 11.5 Å². The molecule has 2 aromatic rings. The largest absolute Gasteiger partial charge is 0.573 e. The zero-order valence-corrected chi connectivity index (χ0v) is 11.1. The summed E-state index contributed by atoms with van der Waals surface area (Å²) in [6.45, 7) is 0. The lowest BCUT2D eigenvalue weighted by Gasteiger charge is -2.12. The summed E-state index contributed by atoms with van der Waals surface area (Å²) in [5.41, 5.74) is 7.48. The number of methoxy groups -OCH3 is 1. The maximum absolute atomic E-state index is 12.1. The number of nitrogen functional groups attached to an aromatic ring is 1. The Morgan fingerprint density at radius 1 is 1.00 bits per heavy atom. The number of nitrogens with one attached hydrogen (secondary N) is 1. The zero-order valence-electron chi connectivity index (χ0n) is 11.1. The molecule has 0 radical (unpaired) electrons. The molecule has 3 N–H and O–H groups in total. The predicted octanol–water partition coefficient (Wildman–Crippen LogP) is 3.92. The molecule has 0 aromatic heterocycles. The molecule has 0 aliphatic rings. The van der Waals surface area contributed by atoms with Crippen LogP contribution in [-0.4, -0.2) is 13.5 Å². The van der Waals surface area contributed by atoms with Crippen molar-refractivity contribution in [2.45, 2.75) is 6.36 Å². The summed E-state index contributed by atoms with van der Waals surface area (Å²) in [7, 11) is 1.53. The Morgan fingerprint density at radius 3 is 2.19 bits per heavy atom. The molecule has 0 heterocycles. The molecule has 0 unspecified atom stereocenters. The van der Waals surface area contributed by atoms with Gasteiger partial charge in [0, 0.05) is 11.8 Å². The number of anilines is 3. The van der Waals surface area contributed by atoms with Gasteiger partial charge in [-0.2, -0.15) is 0 Å². The Labute approximate surface area is 119 Å². The molecule has 0 amide bonds. The van der Waals surface area contributed by atoms with Gasteiger partial charge in [-0.15, -0.1) is 13.2 Å². The molecular weight excluding hydrogens is 285 g/mol. The van der Waals surface area contributed by atoms with Gasteiger partial charge in [0.1, 0.15) is 11.5 Å². The normalized spacial score (nSPS) is 11.0. The second-order valence-electron chi connectivity index (χ2n) is 4.15. The van der Waals surface area contributed by atoms with E-state index in [4.69, 9.17) is 10.5 Å². The minimum atomic E-state index is -4.70. The second-order valence-corrected chi connectivity index (χ2v) is 4.15. The van der Waals surface area contributed by atoms with Crippen LogP contribution in [0.1, 0.15) is 0 Å². The summed E-state index contributed by atoms with van der Waals surface area (Å²) in [4.78, 5) is 0. The third-order valence-electron chi connectivity index (χ3n) is 2.63. The van der Waals surface area contributed by atoms with E-state index in [0.29, 0.717) is 22.8 Å². The molecule has 0 bridgehead atoms. The van der Waals surface area contributed by atoms with Gasteiger partial charge in [0.2, 0.25) is 0 Å². The lowest BCUT2D eigenvalue weighted by Crippen LogP contribution is -2.16. The number of benzene rings is 2. The van der Waals surface area contributed by atoms with E-state index in [1.807, 2.05) is 0 Å². The molecule has 2 aromatic carbocycles. The van der Waals surface area contributed by atoms with E-state index in [1.165, 1.54) is 31.4 Å². The number of alkyl halides is 3. The Hall–Kier alpha value is -2.57. The summed E-state index contributed by atoms with van der Waals surface area (Å²) >= 11 is 0. The molecule has 0 aliphatic carbocycles. The molecule has 0 atom stereocenters. The Kier molecular flexibility index (Phi) is 4.11. The van der Waals surface area contributed by atoms with Crippen molar-refractivity contribution in [3.63, 3.8) is 0 Å². The van der Waals surface area contributed by atoms with Crippen LogP contribution < -0.4 is 20.5 Å². The molecule has 112 valence electrons. The second kappa shape index (κ2) is 5.82. The van der Waals surface area contributed by atoms with E-state index in [1.54, 1.807) is 18.2 Å². The van der Waals surface area contributed by atoms with Gasteiger partial charge in [0.25, 0.3) is 0 Å². The molecule has 21 heavy (non-hydrogen) atoms. The van der Waals surface area contributed by atoms with E-state index >= 15 is 0 Å². The number of ether oxygens (including phenoxy) is 2. The van der Waals surface area contributed by atoms with Crippen LogP contribution in [0, 0.1) is 0 Å². The summed E-state index contributed by atoms with van der Waals surface area (Å²) in [5, 5.41) is 3.00. The van der Waals surface area contributed by atoms with Gasteiger partial charge in [-0.05, 0) is 36.4 Å². The third-order valence-corrected chi connectivity index (χ3v) is 2.63. The van der Waals surface area contributed by atoms with Crippen LogP contribution in [0.15, 0.2) is 42.5 Å².